The quantitative estimate of drug-likeness (QED) is 0.629. The van der Waals surface area contributed by atoms with Crippen LogP contribution in [0.4, 0.5) is 26.1 Å². The average molecular weight is 445 g/mol. The monoisotopic (exact) mass is 445 g/mol. The normalized spacial score (nSPS) is 14.5. The first kappa shape index (κ1) is 21.0. The molecule has 1 fully saturated rings. The van der Waals surface area contributed by atoms with Gasteiger partial charge in [-0.2, -0.15) is 0 Å². The minimum atomic E-state index is -3.96. The Hall–Kier alpha value is -3.27. The maximum atomic E-state index is 13.7. The van der Waals surface area contributed by atoms with Gasteiger partial charge in [0.25, 0.3) is 0 Å². The Morgan fingerprint density at radius 3 is 2.23 bits per heavy atom. The molecule has 2 aromatic carbocycles. The number of aromatic nitrogens is 2. The molecular weight excluding hydrogens is 424 g/mol. The highest BCUT2D eigenvalue weighted by atomic mass is 32.2. The zero-order valence-electron chi connectivity index (χ0n) is 16.6. The summed E-state index contributed by atoms with van der Waals surface area (Å²) in [6.07, 6.45) is 2.73. The number of hydrogen-bond acceptors (Lipinski definition) is 6. The van der Waals surface area contributed by atoms with Crippen molar-refractivity contribution in [2.24, 2.45) is 0 Å². The molecular formula is C21H21F2N5O2S. The van der Waals surface area contributed by atoms with Crippen LogP contribution in [0.5, 0.6) is 0 Å². The number of hydrogen-bond donors (Lipinski definition) is 1. The number of halogens is 2. The highest BCUT2D eigenvalue weighted by Crippen LogP contribution is 2.19. The van der Waals surface area contributed by atoms with Crippen LogP contribution in [0.15, 0.2) is 60.9 Å². The van der Waals surface area contributed by atoms with Crippen molar-refractivity contribution >= 4 is 27.3 Å². The van der Waals surface area contributed by atoms with Gasteiger partial charge >= 0.3 is 0 Å². The minimum Gasteiger partial charge on any atom is -0.368 e. The van der Waals surface area contributed by atoms with E-state index in [9.17, 15) is 17.2 Å². The summed E-state index contributed by atoms with van der Waals surface area (Å²) in [6.45, 7) is 3.11. The molecule has 0 radical (unpaired) electrons. The van der Waals surface area contributed by atoms with E-state index in [1.165, 1.54) is 18.1 Å². The molecule has 1 aromatic heterocycles. The van der Waals surface area contributed by atoms with Crippen LogP contribution in [0.25, 0.3) is 0 Å². The standard InChI is InChI=1S/C21H21F2N5O2S/c22-17-6-7-20(23)16(12-17)15-31(29,30)26-18-13-24-21(25-14-18)28-10-8-27(9-11-28)19-4-2-1-3-5-19/h1-7,12-14,26H,8-11,15H2. The second kappa shape index (κ2) is 8.84. The van der Waals surface area contributed by atoms with Crippen molar-refractivity contribution in [1.82, 2.24) is 9.97 Å². The molecule has 0 saturated carbocycles. The summed E-state index contributed by atoms with van der Waals surface area (Å²) >= 11 is 0. The van der Waals surface area contributed by atoms with Crippen molar-refractivity contribution in [3.8, 4) is 0 Å². The molecule has 1 saturated heterocycles. The van der Waals surface area contributed by atoms with E-state index < -0.39 is 27.4 Å². The summed E-state index contributed by atoms with van der Waals surface area (Å²) in [5.41, 5.74) is 1.08. The van der Waals surface area contributed by atoms with Crippen LogP contribution in [0.3, 0.4) is 0 Å². The van der Waals surface area contributed by atoms with Crippen LogP contribution in [-0.2, 0) is 15.8 Å². The largest absolute Gasteiger partial charge is 0.368 e. The van der Waals surface area contributed by atoms with Crippen molar-refractivity contribution in [2.75, 3.05) is 40.7 Å². The molecule has 0 atom stereocenters. The maximum Gasteiger partial charge on any atom is 0.237 e. The Bertz CT molecular complexity index is 1140. The predicted molar refractivity (Wildman–Crippen MR) is 116 cm³/mol. The van der Waals surface area contributed by atoms with Crippen LogP contribution < -0.4 is 14.5 Å². The Morgan fingerprint density at radius 2 is 1.55 bits per heavy atom. The van der Waals surface area contributed by atoms with Gasteiger partial charge < -0.3 is 9.80 Å². The number of piperazine rings is 1. The molecule has 1 aliphatic heterocycles. The Labute approximate surface area is 179 Å². The Morgan fingerprint density at radius 1 is 0.903 bits per heavy atom. The number of nitrogens with zero attached hydrogens (tertiary/aromatic N) is 4. The fraction of sp³-hybridized carbons (Fsp3) is 0.238. The van der Waals surface area contributed by atoms with Crippen LogP contribution in [0, 0.1) is 11.6 Å². The third-order valence-electron chi connectivity index (χ3n) is 4.95. The molecule has 0 aliphatic carbocycles. The molecule has 162 valence electrons. The summed E-state index contributed by atoms with van der Waals surface area (Å²) in [5.74, 6) is -1.67. The van der Waals surface area contributed by atoms with Gasteiger partial charge in [0, 0.05) is 37.4 Å². The van der Waals surface area contributed by atoms with E-state index in [4.69, 9.17) is 0 Å². The second-order valence-electron chi connectivity index (χ2n) is 7.18. The summed E-state index contributed by atoms with van der Waals surface area (Å²) < 4.78 is 54.0. The number of anilines is 3. The molecule has 31 heavy (non-hydrogen) atoms. The van der Waals surface area contributed by atoms with Crippen LogP contribution in [-0.4, -0.2) is 44.6 Å². The number of para-hydroxylation sites is 1. The van der Waals surface area contributed by atoms with E-state index in [2.05, 4.69) is 31.7 Å². The fourth-order valence-corrected chi connectivity index (χ4v) is 4.58. The summed E-state index contributed by atoms with van der Waals surface area (Å²) in [7, 11) is -3.96. The molecule has 3 aromatic rings. The molecule has 0 unspecified atom stereocenters. The number of nitrogens with one attached hydrogen (secondary N) is 1. The first-order chi connectivity index (χ1) is 14.9. The SMILES string of the molecule is O=S(=O)(Cc1cc(F)ccc1F)Nc1cnc(N2CCN(c3ccccc3)CC2)nc1. The number of sulfonamides is 1. The lowest BCUT2D eigenvalue weighted by atomic mass is 10.2. The lowest BCUT2D eigenvalue weighted by Crippen LogP contribution is -2.47. The van der Waals surface area contributed by atoms with Crippen LogP contribution >= 0.6 is 0 Å². The van der Waals surface area contributed by atoms with E-state index in [1.807, 2.05) is 23.1 Å². The van der Waals surface area contributed by atoms with E-state index >= 15 is 0 Å². The van der Waals surface area contributed by atoms with Crippen molar-refractivity contribution in [1.29, 1.82) is 0 Å². The maximum absolute atomic E-state index is 13.7. The van der Waals surface area contributed by atoms with Gasteiger partial charge in [-0.3, -0.25) is 4.72 Å². The van der Waals surface area contributed by atoms with E-state index in [-0.39, 0.29) is 11.3 Å². The van der Waals surface area contributed by atoms with Gasteiger partial charge in [-0.1, -0.05) is 18.2 Å². The predicted octanol–water partition coefficient (Wildman–Crippen LogP) is 3.02. The molecule has 2 heterocycles. The van der Waals surface area contributed by atoms with Crippen molar-refractivity contribution in [3.05, 3.63) is 78.1 Å². The summed E-state index contributed by atoms with van der Waals surface area (Å²) in [6, 6.07) is 12.8. The van der Waals surface area contributed by atoms with Crippen molar-refractivity contribution < 1.29 is 17.2 Å². The lowest BCUT2D eigenvalue weighted by Gasteiger charge is -2.36. The van der Waals surface area contributed by atoms with Gasteiger partial charge in [0.2, 0.25) is 16.0 Å². The average Bonchev–Trinajstić information content (AvgIpc) is 2.77. The third-order valence-corrected chi connectivity index (χ3v) is 6.19. The fourth-order valence-electron chi connectivity index (χ4n) is 3.41. The molecule has 4 rings (SSSR count). The zero-order chi connectivity index (χ0) is 21.8. The number of benzene rings is 2. The minimum absolute atomic E-state index is 0.156. The lowest BCUT2D eigenvalue weighted by molar-refractivity contribution is 0.581. The van der Waals surface area contributed by atoms with Gasteiger partial charge in [-0.25, -0.2) is 27.2 Å². The van der Waals surface area contributed by atoms with Gasteiger partial charge in [-0.15, -0.1) is 0 Å². The molecule has 0 amide bonds. The first-order valence-corrected chi connectivity index (χ1v) is 11.4. The Kier molecular flexibility index (Phi) is 5.99. The van der Waals surface area contributed by atoms with Crippen molar-refractivity contribution in [2.45, 2.75) is 5.75 Å². The first-order valence-electron chi connectivity index (χ1n) is 9.71. The Balaban J connectivity index is 1.36. The van der Waals surface area contributed by atoms with E-state index in [0.717, 1.165) is 44.4 Å². The van der Waals surface area contributed by atoms with Crippen LogP contribution in [0.1, 0.15) is 5.56 Å². The molecule has 1 aliphatic rings. The van der Waals surface area contributed by atoms with Gasteiger partial charge in [-0.05, 0) is 30.3 Å². The van der Waals surface area contributed by atoms with Crippen LogP contribution in [0.2, 0.25) is 0 Å². The molecule has 10 heteroatoms. The van der Waals surface area contributed by atoms with Gasteiger partial charge in [0.05, 0.1) is 23.8 Å². The molecule has 7 nitrogen and oxygen atoms in total. The second-order valence-corrected chi connectivity index (χ2v) is 8.90. The third kappa shape index (κ3) is 5.26. The molecule has 0 spiro atoms. The summed E-state index contributed by atoms with van der Waals surface area (Å²) in [4.78, 5) is 12.8. The molecule has 1 N–H and O–H groups in total. The number of rotatable bonds is 6. The van der Waals surface area contributed by atoms with Gasteiger partial charge in [0.15, 0.2) is 0 Å². The topological polar surface area (TPSA) is 78.4 Å². The van der Waals surface area contributed by atoms with Gasteiger partial charge in [0.1, 0.15) is 11.6 Å². The summed E-state index contributed by atoms with van der Waals surface area (Å²) in [5, 5.41) is 0. The van der Waals surface area contributed by atoms with E-state index in [1.54, 1.807) is 0 Å². The molecule has 0 bridgehead atoms. The van der Waals surface area contributed by atoms with E-state index in [0.29, 0.717) is 5.95 Å². The zero-order valence-corrected chi connectivity index (χ0v) is 17.4. The smallest absolute Gasteiger partial charge is 0.237 e. The highest BCUT2D eigenvalue weighted by Gasteiger charge is 2.20. The highest BCUT2D eigenvalue weighted by molar-refractivity contribution is 7.91. The van der Waals surface area contributed by atoms with Crippen molar-refractivity contribution in [3.63, 3.8) is 0 Å².